The first-order valence-corrected chi connectivity index (χ1v) is 22.4. The van der Waals surface area contributed by atoms with Crippen LogP contribution >= 0.6 is 22.7 Å². The molecular weight excluding hydrogens is 769 g/mol. The summed E-state index contributed by atoms with van der Waals surface area (Å²) in [6.07, 6.45) is 16.6. The van der Waals surface area contributed by atoms with Gasteiger partial charge in [-0.05, 0) is 120 Å². The van der Waals surface area contributed by atoms with Crippen LogP contribution in [-0.2, 0) is 12.8 Å². The Hall–Kier alpha value is -6.96. The summed E-state index contributed by atoms with van der Waals surface area (Å²) in [6.45, 7) is 0. The highest BCUT2D eigenvalue weighted by Crippen LogP contribution is 2.45. The van der Waals surface area contributed by atoms with Gasteiger partial charge in [-0.15, -0.1) is 22.7 Å². The molecule has 0 saturated carbocycles. The van der Waals surface area contributed by atoms with E-state index < -0.39 is 0 Å². The van der Waals surface area contributed by atoms with Gasteiger partial charge in [-0.3, -0.25) is 0 Å². The first kappa shape index (κ1) is 34.0. The van der Waals surface area contributed by atoms with E-state index in [1.807, 2.05) is 34.8 Å². The second-order valence-electron chi connectivity index (χ2n) is 16.4. The Bertz CT molecular complexity index is 3740. The number of anilines is 1. The molecular formula is C54H34N4S2. The van der Waals surface area contributed by atoms with Crippen molar-refractivity contribution < 1.29 is 0 Å². The number of hydrogen-bond acceptors (Lipinski definition) is 5. The summed E-state index contributed by atoms with van der Waals surface area (Å²) in [5.41, 5.74) is 12.5. The van der Waals surface area contributed by atoms with Crippen LogP contribution in [0.4, 0.5) is 5.69 Å². The zero-order valence-electron chi connectivity index (χ0n) is 32.5. The second-order valence-corrected chi connectivity index (χ2v) is 18.6. The fourth-order valence-electron chi connectivity index (χ4n) is 10.6. The molecule has 282 valence electrons. The molecule has 6 aromatic carbocycles. The Kier molecular flexibility index (Phi) is 7.23. The number of para-hydroxylation sites is 1. The van der Waals surface area contributed by atoms with Crippen LogP contribution in [0.3, 0.4) is 0 Å². The zero-order chi connectivity index (χ0) is 39.6. The van der Waals surface area contributed by atoms with Crippen LogP contribution < -0.4 is 14.7 Å². The van der Waals surface area contributed by atoms with Gasteiger partial charge in [0.1, 0.15) is 12.1 Å². The average molecular weight is 803 g/mol. The van der Waals surface area contributed by atoms with Gasteiger partial charge in [-0.2, -0.15) is 10.5 Å². The SMILES string of the molecule is N#Cc1cc(-n2c3ccccc3c3cc4c(cc32)sc2ccc3ccccc3c24)c(C#N)cc1N1C2=C(CCC=C2)C2=CCC1/C=c1/sc3c(c1=C2)-c1ccccc1CC3. The molecule has 2 bridgehead atoms. The van der Waals surface area contributed by atoms with Gasteiger partial charge in [0.25, 0.3) is 0 Å². The monoisotopic (exact) mass is 802 g/mol. The van der Waals surface area contributed by atoms with Crippen molar-refractivity contribution in [3.05, 3.63) is 176 Å². The highest BCUT2D eigenvalue weighted by molar-refractivity contribution is 7.26. The molecule has 3 aliphatic carbocycles. The number of hydrogen-bond donors (Lipinski definition) is 0. The molecule has 6 heteroatoms. The van der Waals surface area contributed by atoms with Crippen molar-refractivity contribution in [3.8, 4) is 29.0 Å². The molecule has 0 radical (unpaired) electrons. The van der Waals surface area contributed by atoms with Crippen LogP contribution in [0.5, 0.6) is 0 Å². The molecule has 3 aromatic heterocycles. The summed E-state index contributed by atoms with van der Waals surface area (Å²) < 4.78 is 5.97. The Morgan fingerprint density at radius 1 is 0.683 bits per heavy atom. The Morgan fingerprint density at radius 2 is 1.50 bits per heavy atom. The van der Waals surface area contributed by atoms with E-state index >= 15 is 0 Å². The van der Waals surface area contributed by atoms with Gasteiger partial charge in [-0.25, -0.2) is 0 Å². The number of benzene rings is 6. The minimum Gasteiger partial charge on any atom is -0.333 e. The molecule has 60 heavy (non-hydrogen) atoms. The van der Waals surface area contributed by atoms with E-state index in [0.717, 1.165) is 71.0 Å². The van der Waals surface area contributed by atoms with Crippen molar-refractivity contribution in [3.63, 3.8) is 0 Å². The fourth-order valence-corrected chi connectivity index (χ4v) is 13.1. The summed E-state index contributed by atoms with van der Waals surface area (Å²) in [5.74, 6) is 0. The molecule has 13 rings (SSSR count). The highest BCUT2D eigenvalue weighted by atomic mass is 32.1. The van der Waals surface area contributed by atoms with E-state index in [4.69, 9.17) is 0 Å². The van der Waals surface area contributed by atoms with Gasteiger partial charge in [0.15, 0.2) is 0 Å². The molecule has 0 spiro atoms. The van der Waals surface area contributed by atoms with Crippen molar-refractivity contribution in [1.29, 1.82) is 10.5 Å². The standard InChI is InChI=1S/C54H34N4S2/c55-29-34-25-47(58-45-16-8-6-14-40(45)41-27-43-52(28-48(41)58)60-50-22-19-32-10-2-4-13-39(32)54(43)50)35(30-56)24-46(34)57-36-20-17-33(37-11-5-7-15-44(37)57)23-42-51(26-36)59-49-21-18-31-9-1-3-12-38(31)53(42)49/h1-4,6-10,12-17,19,22-28,36H,5,11,18,20-21H2/b42-23?,51-26+. The number of allylic oxidation sites excluding steroid dienone is 4. The van der Waals surface area contributed by atoms with Crippen molar-refractivity contribution >= 4 is 93.3 Å². The lowest BCUT2D eigenvalue weighted by atomic mass is 9.88. The summed E-state index contributed by atoms with van der Waals surface area (Å²) >= 11 is 3.74. The summed E-state index contributed by atoms with van der Waals surface area (Å²) in [5, 5.41) is 30.9. The minimum atomic E-state index is -0.0481. The van der Waals surface area contributed by atoms with Crippen LogP contribution in [0.25, 0.3) is 81.7 Å². The zero-order valence-corrected chi connectivity index (χ0v) is 34.1. The lowest BCUT2D eigenvalue weighted by Gasteiger charge is -2.34. The van der Waals surface area contributed by atoms with E-state index in [-0.39, 0.29) is 6.04 Å². The van der Waals surface area contributed by atoms with Crippen LogP contribution in [0.15, 0.2) is 144 Å². The molecule has 4 nitrogen and oxygen atoms in total. The summed E-state index contributed by atoms with van der Waals surface area (Å²) in [6, 6.07) is 44.3. The predicted octanol–water partition coefficient (Wildman–Crippen LogP) is 12.3. The summed E-state index contributed by atoms with van der Waals surface area (Å²) in [4.78, 5) is 3.84. The number of thiophene rings is 2. The topological polar surface area (TPSA) is 55.8 Å². The van der Waals surface area contributed by atoms with Crippen molar-refractivity contribution in [2.45, 2.75) is 38.1 Å². The van der Waals surface area contributed by atoms with Gasteiger partial charge in [0, 0.05) is 56.8 Å². The molecule has 0 amide bonds. The highest BCUT2D eigenvalue weighted by Gasteiger charge is 2.32. The molecule has 4 aliphatic rings. The normalized spacial score (nSPS) is 17.2. The lowest BCUT2D eigenvalue weighted by molar-refractivity contribution is 0.794. The Balaban J connectivity index is 1.04. The number of aromatic nitrogens is 1. The number of nitrogens with zero attached hydrogens (tertiary/aromatic N) is 4. The third-order valence-electron chi connectivity index (χ3n) is 13.3. The van der Waals surface area contributed by atoms with Crippen LogP contribution in [-0.4, -0.2) is 10.6 Å². The van der Waals surface area contributed by atoms with Crippen molar-refractivity contribution in [1.82, 2.24) is 4.57 Å². The minimum absolute atomic E-state index is 0.0481. The van der Waals surface area contributed by atoms with Gasteiger partial charge >= 0.3 is 0 Å². The van der Waals surface area contributed by atoms with Crippen LogP contribution in [0.2, 0.25) is 0 Å². The van der Waals surface area contributed by atoms with Crippen LogP contribution in [0.1, 0.15) is 40.8 Å². The lowest BCUT2D eigenvalue weighted by Crippen LogP contribution is -2.36. The summed E-state index contributed by atoms with van der Waals surface area (Å²) in [7, 11) is 0. The molecule has 0 saturated heterocycles. The first-order valence-electron chi connectivity index (χ1n) is 20.7. The quantitative estimate of drug-likeness (QED) is 0.175. The number of rotatable bonds is 2. The van der Waals surface area contributed by atoms with E-state index in [1.165, 1.54) is 73.4 Å². The van der Waals surface area contributed by atoms with Gasteiger partial charge < -0.3 is 9.47 Å². The van der Waals surface area contributed by atoms with Gasteiger partial charge in [0.2, 0.25) is 0 Å². The van der Waals surface area contributed by atoms with E-state index in [9.17, 15) is 10.5 Å². The second kappa shape index (κ2) is 12.8. The Labute approximate surface area is 354 Å². The number of fused-ring (bicyclic) bond motifs is 16. The molecule has 0 fully saturated rings. The van der Waals surface area contributed by atoms with Crippen LogP contribution in [0, 0.1) is 22.7 Å². The molecule has 9 aromatic rings. The molecule has 1 unspecified atom stereocenters. The number of nitriles is 2. The smallest absolute Gasteiger partial charge is 0.101 e. The molecule has 1 aliphatic heterocycles. The van der Waals surface area contributed by atoms with Gasteiger partial charge in [0.05, 0.1) is 39.6 Å². The van der Waals surface area contributed by atoms with Crippen molar-refractivity contribution in [2.24, 2.45) is 0 Å². The Morgan fingerprint density at radius 3 is 2.42 bits per heavy atom. The number of aryl methyl sites for hydroxylation is 2. The third kappa shape index (κ3) is 4.75. The fraction of sp³-hybridized carbons (Fsp3) is 0.111. The largest absolute Gasteiger partial charge is 0.333 e. The molecule has 1 atom stereocenters. The third-order valence-corrected chi connectivity index (χ3v) is 15.6. The maximum atomic E-state index is 11.1. The maximum absolute atomic E-state index is 11.1. The van der Waals surface area contributed by atoms with E-state index in [1.54, 1.807) is 0 Å². The van der Waals surface area contributed by atoms with Gasteiger partial charge in [-0.1, -0.05) is 84.9 Å². The average Bonchev–Trinajstić information content (AvgIpc) is 3.91. The molecule has 4 heterocycles. The van der Waals surface area contributed by atoms with E-state index in [0.29, 0.717) is 11.1 Å². The van der Waals surface area contributed by atoms with E-state index in [2.05, 4.69) is 149 Å². The first-order chi connectivity index (χ1) is 29.6. The predicted molar refractivity (Wildman–Crippen MR) is 250 cm³/mol. The van der Waals surface area contributed by atoms with Crippen molar-refractivity contribution in [2.75, 3.05) is 4.90 Å². The maximum Gasteiger partial charge on any atom is 0.101 e. The molecule has 0 N–H and O–H groups in total.